The SMILES string of the molecule is CCCCCCCCCCCCCCCCCCSC(SCCCCCCCCCCCCCCCCCC)=C(C#N)C#N. The summed E-state index contributed by atoms with van der Waals surface area (Å²) in [5.41, 5.74) is 0.327. The largest absolute Gasteiger partial charge is 0.192 e. The van der Waals surface area contributed by atoms with E-state index in [9.17, 15) is 10.5 Å². The van der Waals surface area contributed by atoms with Crippen LogP contribution < -0.4 is 0 Å². The molecule has 0 saturated carbocycles. The molecule has 4 heteroatoms. The molecule has 0 aromatic rings. The maximum atomic E-state index is 9.43. The third kappa shape index (κ3) is 32.8. The Morgan fingerprint density at radius 3 is 0.750 bits per heavy atom. The lowest BCUT2D eigenvalue weighted by molar-refractivity contribution is 0.531. The van der Waals surface area contributed by atoms with Crippen LogP contribution in [0.25, 0.3) is 0 Å². The lowest BCUT2D eigenvalue weighted by Gasteiger charge is -2.08. The zero-order valence-corrected chi connectivity index (χ0v) is 31.4. The van der Waals surface area contributed by atoms with Gasteiger partial charge in [-0.1, -0.05) is 206 Å². The summed E-state index contributed by atoms with van der Waals surface area (Å²) in [6.07, 6.45) is 44.4. The van der Waals surface area contributed by atoms with Crippen LogP contribution in [0.4, 0.5) is 0 Å². The summed E-state index contributed by atoms with van der Waals surface area (Å²) in [4.78, 5) is 0. The van der Waals surface area contributed by atoms with Gasteiger partial charge in [-0.05, 0) is 24.3 Å². The first-order valence-corrected chi connectivity index (χ1v) is 21.6. The van der Waals surface area contributed by atoms with Gasteiger partial charge in [-0.25, -0.2) is 0 Å². The van der Waals surface area contributed by atoms with Crippen molar-refractivity contribution in [3.05, 3.63) is 9.81 Å². The van der Waals surface area contributed by atoms with E-state index in [1.807, 2.05) is 0 Å². The molecule has 0 aliphatic rings. The van der Waals surface area contributed by atoms with E-state index in [0.29, 0.717) is 5.57 Å². The van der Waals surface area contributed by atoms with Crippen LogP contribution in [0.1, 0.15) is 219 Å². The molecule has 0 fully saturated rings. The lowest BCUT2D eigenvalue weighted by atomic mass is 10.0. The summed E-state index contributed by atoms with van der Waals surface area (Å²) in [5.74, 6) is 2.07. The fourth-order valence-corrected chi connectivity index (χ4v) is 8.30. The summed E-state index contributed by atoms with van der Waals surface area (Å²) >= 11 is 3.50. The number of nitrogens with zero attached hydrogens (tertiary/aromatic N) is 2. The Kier molecular flexibility index (Phi) is 38.1. The van der Waals surface area contributed by atoms with Crippen LogP contribution in [0.5, 0.6) is 0 Å². The molecule has 0 aliphatic heterocycles. The van der Waals surface area contributed by atoms with Gasteiger partial charge in [-0.2, -0.15) is 10.5 Å². The van der Waals surface area contributed by atoms with Crippen molar-refractivity contribution < 1.29 is 0 Å². The van der Waals surface area contributed by atoms with E-state index >= 15 is 0 Å². The highest BCUT2D eigenvalue weighted by molar-refractivity contribution is 8.22. The van der Waals surface area contributed by atoms with Crippen LogP contribution in [0.2, 0.25) is 0 Å². The second kappa shape index (κ2) is 38.6. The van der Waals surface area contributed by atoms with Gasteiger partial charge in [-0.15, -0.1) is 23.5 Å². The van der Waals surface area contributed by atoms with Gasteiger partial charge < -0.3 is 0 Å². The van der Waals surface area contributed by atoms with Gasteiger partial charge in [0.2, 0.25) is 0 Å². The first-order valence-electron chi connectivity index (χ1n) is 19.6. The van der Waals surface area contributed by atoms with Crippen LogP contribution in [-0.4, -0.2) is 11.5 Å². The van der Waals surface area contributed by atoms with Gasteiger partial charge >= 0.3 is 0 Å². The van der Waals surface area contributed by atoms with Crippen molar-refractivity contribution in [3.63, 3.8) is 0 Å². The van der Waals surface area contributed by atoms with E-state index in [-0.39, 0.29) is 0 Å². The van der Waals surface area contributed by atoms with Crippen molar-refractivity contribution in [1.82, 2.24) is 0 Å². The predicted molar refractivity (Wildman–Crippen MR) is 202 cm³/mol. The Bertz CT molecular complexity index is 634. The normalized spacial score (nSPS) is 11.0. The van der Waals surface area contributed by atoms with Crippen LogP contribution in [0.15, 0.2) is 9.81 Å². The zero-order chi connectivity index (χ0) is 32.0. The Balaban J connectivity index is 3.61. The van der Waals surface area contributed by atoms with Gasteiger partial charge in [0.15, 0.2) is 0 Å². The molecule has 0 radical (unpaired) electrons. The quantitative estimate of drug-likeness (QED) is 0.0502. The Morgan fingerprint density at radius 2 is 0.545 bits per heavy atom. The zero-order valence-electron chi connectivity index (χ0n) is 29.8. The second-order valence-corrected chi connectivity index (χ2v) is 15.7. The summed E-state index contributed by atoms with van der Waals surface area (Å²) in [7, 11) is 0. The van der Waals surface area contributed by atoms with E-state index in [4.69, 9.17) is 0 Å². The van der Waals surface area contributed by atoms with Crippen molar-refractivity contribution in [2.45, 2.75) is 219 Å². The number of hydrogen-bond donors (Lipinski definition) is 0. The van der Waals surface area contributed by atoms with Crippen molar-refractivity contribution >= 4 is 23.5 Å². The van der Waals surface area contributed by atoms with E-state index in [1.165, 1.54) is 205 Å². The minimum Gasteiger partial charge on any atom is -0.192 e. The van der Waals surface area contributed by atoms with Crippen molar-refractivity contribution in [3.8, 4) is 12.1 Å². The molecule has 0 aliphatic carbocycles. The molecule has 0 rings (SSSR count). The lowest BCUT2D eigenvalue weighted by Crippen LogP contribution is -1.89. The number of unbranched alkanes of at least 4 members (excludes halogenated alkanes) is 30. The molecule has 0 spiro atoms. The smallest absolute Gasteiger partial charge is 0.149 e. The molecule has 0 amide bonds. The van der Waals surface area contributed by atoms with Gasteiger partial charge in [0.25, 0.3) is 0 Å². The fraction of sp³-hybridized carbons (Fsp3) is 0.900. The van der Waals surface area contributed by atoms with E-state index in [0.717, 1.165) is 15.7 Å². The molecule has 0 bridgehead atoms. The average molecular weight is 647 g/mol. The molecule has 0 aromatic carbocycles. The van der Waals surface area contributed by atoms with Gasteiger partial charge in [0.05, 0.1) is 4.24 Å². The highest BCUT2D eigenvalue weighted by Crippen LogP contribution is 2.33. The summed E-state index contributed by atoms with van der Waals surface area (Å²) in [6, 6.07) is 4.28. The third-order valence-electron chi connectivity index (χ3n) is 8.89. The number of hydrogen-bond acceptors (Lipinski definition) is 4. The molecule has 0 saturated heterocycles. The molecule has 44 heavy (non-hydrogen) atoms. The topological polar surface area (TPSA) is 47.6 Å². The van der Waals surface area contributed by atoms with Gasteiger partial charge in [0.1, 0.15) is 17.7 Å². The molecule has 2 nitrogen and oxygen atoms in total. The first kappa shape index (κ1) is 43.4. The maximum absolute atomic E-state index is 9.43. The van der Waals surface area contributed by atoms with E-state index in [2.05, 4.69) is 26.0 Å². The Hall–Kier alpha value is -0.580. The highest BCUT2D eigenvalue weighted by atomic mass is 32.2. The van der Waals surface area contributed by atoms with Crippen molar-refractivity contribution in [2.75, 3.05) is 11.5 Å². The molecule has 0 unspecified atom stereocenters. The average Bonchev–Trinajstić information content (AvgIpc) is 3.04. The molecular weight excluding hydrogens is 573 g/mol. The second-order valence-electron chi connectivity index (χ2n) is 13.2. The molecule has 256 valence electrons. The Labute approximate surface area is 285 Å². The highest BCUT2D eigenvalue weighted by Gasteiger charge is 2.08. The molecule has 0 atom stereocenters. The van der Waals surface area contributed by atoms with Gasteiger partial charge in [0, 0.05) is 0 Å². The Morgan fingerprint density at radius 1 is 0.341 bits per heavy atom. The van der Waals surface area contributed by atoms with E-state index < -0.39 is 0 Å². The molecule has 0 heterocycles. The van der Waals surface area contributed by atoms with Crippen LogP contribution in [0, 0.1) is 22.7 Å². The number of rotatable bonds is 36. The van der Waals surface area contributed by atoms with Crippen LogP contribution >= 0.6 is 23.5 Å². The summed E-state index contributed by atoms with van der Waals surface area (Å²) in [5, 5.41) is 18.9. The summed E-state index contributed by atoms with van der Waals surface area (Å²) in [6.45, 7) is 4.58. The van der Waals surface area contributed by atoms with Gasteiger partial charge in [-0.3, -0.25) is 0 Å². The first-order chi connectivity index (χ1) is 21.8. The monoisotopic (exact) mass is 647 g/mol. The standard InChI is InChI=1S/C40H74N2S2/c1-3-5-7-9-11-13-15-17-19-21-23-25-27-29-31-33-35-43-40(39(37-41)38-42)44-36-34-32-30-28-26-24-22-20-18-16-14-12-10-8-6-4-2/h3-36H2,1-2H3. The molecule has 0 N–H and O–H groups in total. The minimum absolute atomic E-state index is 0.327. The number of nitriles is 2. The van der Waals surface area contributed by atoms with Crippen molar-refractivity contribution in [1.29, 1.82) is 10.5 Å². The third-order valence-corrected chi connectivity index (χ3v) is 11.5. The number of thioether (sulfide) groups is 2. The summed E-state index contributed by atoms with van der Waals surface area (Å²) < 4.78 is 0.969. The minimum atomic E-state index is 0.327. The fourth-order valence-electron chi connectivity index (χ4n) is 5.93. The molecular formula is C40H74N2S2. The molecule has 0 aromatic heterocycles. The maximum Gasteiger partial charge on any atom is 0.149 e. The van der Waals surface area contributed by atoms with Crippen molar-refractivity contribution in [2.24, 2.45) is 0 Å². The van der Waals surface area contributed by atoms with Crippen LogP contribution in [-0.2, 0) is 0 Å². The van der Waals surface area contributed by atoms with Crippen LogP contribution in [0.3, 0.4) is 0 Å². The van der Waals surface area contributed by atoms with E-state index in [1.54, 1.807) is 23.5 Å². The predicted octanol–water partition coefficient (Wildman–Crippen LogP) is 15.2. The number of allylic oxidation sites excluding steroid dienone is 1.